The summed E-state index contributed by atoms with van der Waals surface area (Å²) in [5, 5.41) is 3.33. The van der Waals surface area contributed by atoms with E-state index >= 15 is 0 Å². The highest BCUT2D eigenvalue weighted by Crippen LogP contribution is 2.19. The van der Waals surface area contributed by atoms with Gasteiger partial charge in [-0.2, -0.15) is 4.31 Å². The van der Waals surface area contributed by atoms with Crippen LogP contribution < -0.4 is 5.32 Å². The minimum atomic E-state index is -3.37. The highest BCUT2D eigenvalue weighted by atomic mass is 32.2. The van der Waals surface area contributed by atoms with Crippen LogP contribution in [0.2, 0.25) is 0 Å². The van der Waals surface area contributed by atoms with Gasteiger partial charge in [0.2, 0.25) is 10.0 Å². The Bertz CT molecular complexity index is 517. The summed E-state index contributed by atoms with van der Waals surface area (Å²) < 4.78 is 28.5. The molecule has 0 radical (unpaired) electrons. The molecule has 1 aromatic heterocycles. The van der Waals surface area contributed by atoms with Crippen LogP contribution in [0.1, 0.15) is 40.3 Å². The third kappa shape index (κ3) is 3.84. The number of sulfonamides is 1. The fourth-order valence-electron chi connectivity index (χ4n) is 2.13. The Morgan fingerprint density at radius 1 is 1.25 bits per heavy atom. The van der Waals surface area contributed by atoms with Crippen molar-refractivity contribution in [2.24, 2.45) is 0 Å². The first-order valence-corrected chi connectivity index (χ1v) is 8.73. The smallest absolute Gasteiger partial charge is 0.244 e. The van der Waals surface area contributed by atoms with E-state index in [2.05, 4.69) is 19.2 Å². The maximum absolute atomic E-state index is 12.5. The van der Waals surface area contributed by atoms with Crippen LogP contribution in [0.3, 0.4) is 0 Å². The Morgan fingerprint density at radius 2 is 1.85 bits per heavy atom. The van der Waals surface area contributed by atoms with Crippen LogP contribution in [0.4, 0.5) is 0 Å². The number of hydrogen-bond donors (Lipinski definition) is 1. The third-order valence-corrected chi connectivity index (χ3v) is 5.35. The van der Waals surface area contributed by atoms with Gasteiger partial charge < -0.3 is 9.88 Å². The fourth-order valence-corrected chi connectivity index (χ4v) is 3.65. The molecule has 0 unspecified atom stereocenters. The quantitative estimate of drug-likeness (QED) is 0.799. The second-order valence-electron chi connectivity index (χ2n) is 5.08. The van der Waals surface area contributed by atoms with Crippen molar-refractivity contribution in [1.82, 2.24) is 14.2 Å². The van der Waals surface area contributed by atoms with E-state index in [-0.39, 0.29) is 0 Å². The molecule has 0 aliphatic rings. The second kappa shape index (κ2) is 7.24. The summed E-state index contributed by atoms with van der Waals surface area (Å²) >= 11 is 0. The van der Waals surface area contributed by atoms with Crippen molar-refractivity contribution in [3.8, 4) is 0 Å². The van der Waals surface area contributed by atoms with E-state index in [9.17, 15) is 8.42 Å². The van der Waals surface area contributed by atoms with Crippen molar-refractivity contribution in [3.63, 3.8) is 0 Å². The van der Waals surface area contributed by atoms with Crippen LogP contribution in [0, 0.1) is 0 Å². The molecule has 0 aliphatic heterocycles. The summed E-state index contributed by atoms with van der Waals surface area (Å²) in [4.78, 5) is 0.392. The zero-order valence-electron chi connectivity index (χ0n) is 13.2. The van der Waals surface area contributed by atoms with E-state index in [4.69, 9.17) is 0 Å². The number of nitrogens with zero attached hydrogens (tertiary/aromatic N) is 2. The van der Waals surface area contributed by atoms with Crippen molar-refractivity contribution in [2.75, 3.05) is 13.1 Å². The highest BCUT2D eigenvalue weighted by Gasteiger charge is 2.23. The van der Waals surface area contributed by atoms with Crippen molar-refractivity contribution in [2.45, 2.75) is 58.6 Å². The summed E-state index contributed by atoms with van der Waals surface area (Å²) in [6.07, 6.45) is 1.74. The van der Waals surface area contributed by atoms with Crippen LogP contribution >= 0.6 is 0 Å². The lowest BCUT2D eigenvalue weighted by molar-refractivity contribution is 0.445. The molecular formula is C14H27N3O2S. The highest BCUT2D eigenvalue weighted by molar-refractivity contribution is 7.89. The lowest BCUT2D eigenvalue weighted by Gasteiger charge is -2.17. The lowest BCUT2D eigenvalue weighted by atomic mass is 10.3. The van der Waals surface area contributed by atoms with Crippen molar-refractivity contribution in [3.05, 3.63) is 18.0 Å². The monoisotopic (exact) mass is 301 g/mol. The first kappa shape index (κ1) is 17.2. The molecule has 1 N–H and O–H groups in total. The molecule has 0 aliphatic carbocycles. The van der Waals surface area contributed by atoms with Crippen molar-refractivity contribution >= 4 is 10.0 Å². The van der Waals surface area contributed by atoms with Gasteiger partial charge in [-0.1, -0.05) is 27.7 Å². The van der Waals surface area contributed by atoms with Crippen LogP contribution in [-0.4, -0.2) is 36.4 Å². The normalized spacial score (nSPS) is 12.6. The van der Waals surface area contributed by atoms with E-state index in [1.165, 1.54) is 4.31 Å². The van der Waals surface area contributed by atoms with Gasteiger partial charge in [0.1, 0.15) is 4.90 Å². The first-order chi connectivity index (χ1) is 9.36. The SMILES string of the molecule is CCN(CC)S(=O)(=O)c1cc(CNC(C)C)n(CC)c1. The average molecular weight is 301 g/mol. The number of rotatable bonds is 8. The Kier molecular flexibility index (Phi) is 6.23. The maximum Gasteiger partial charge on any atom is 0.244 e. The van der Waals surface area contributed by atoms with Gasteiger partial charge in [0.15, 0.2) is 0 Å². The van der Waals surface area contributed by atoms with Crippen molar-refractivity contribution in [1.29, 1.82) is 0 Å². The largest absolute Gasteiger partial charge is 0.349 e. The van der Waals surface area contributed by atoms with E-state index < -0.39 is 10.0 Å². The van der Waals surface area contributed by atoms with Gasteiger partial charge in [-0.05, 0) is 13.0 Å². The molecule has 0 aromatic carbocycles. The molecule has 1 heterocycles. The van der Waals surface area contributed by atoms with Gasteiger partial charge in [0, 0.05) is 44.1 Å². The lowest BCUT2D eigenvalue weighted by Crippen LogP contribution is -2.30. The van der Waals surface area contributed by atoms with E-state index in [1.54, 1.807) is 12.3 Å². The summed E-state index contributed by atoms with van der Waals surface area (Å²) in [6.45, 7) is 12.3. The third-order valence-electron chi connectivity index (χ3n) is 3.34. The number of aryl methyl sites for hydroxylation is 1. The van der Waals surface area contributed by atoms with Crippen molar-refractivity contribution < 1.29 is 8.42 Å². The molecule has 0 fully saturated rings. The maximum atomic E-state index is 12.5. The minimum absolute atomic E-state index is 0.373. The molecule has 20 heavy (non-hydrogen) atoms. The van der Waals surface area contributed by atoms with E-state index in [1.807, 2.05) is 25.3 Å². The zero-order chi connectivity index (χ0) is 15.3. The molecule has 0 saturated carbocycles. The predicted octanol–water partition coefficient (Wildman–Crippen LogP) is 2.04. The molecular weight excluding hydrogens is 274 g/mol. The van der Waals surface area contributed by atoms with Gasteiger partial charge in [0.25, 0.3) is 0 Å². The van der Waals surface area contributed by atoms with Gasteiger partial charge in [-0.3, -0.25) is 0 Å². The molecule has 6 heteroatoms. The first-order valence-electron chi connectivity index (χ1n) is 7.29. The second-order valence-corrected chi connectivity index (χ2v) is 7.02. The minimum Gasteiger partial charge on any atom is -0.349 e. The Labute approximate surface area is 123 Å². The average Bonchev–Trinajstić information content (AvgIpc) is 2.81. The summed E-state index contributed by atoms with van der Waals surface area (Å²) in [5.41, 5.74) is 1.01. The van der Waals surface area contributed by atoms with E-state index in [0.29, 0.717) is 30.6 Å². The molecule has 0 amide bonds. The predicted molar refractivity (Wildman–Crippen MR) is 82.2 cm³/mol. The number of nitrogens with one attached hydrogen (secondary N) is 1. The number of hydrogen-bond acceptors (Lipinski definition) is 3. The molecule has 1 aromatic rings. The van der Waals surface area contributed by atoms with Gasteiger partial charge in [-0.15, -0.1) is 0 Å². The molecule has 0 saturated heterocycles. The van der Waals surface area contributed by atoms with E-state index in [0.717, 1.165) is 12.2 Å². The topological polar surface area (TPSA) is 54.3 Å². The Balaban J connectivity index is 3.08. The summed E-state index contributed by atoms with van der Waals surface area (Å²) in [7, 11) is -3.37. The molecule has 0 atom stereocenters. The molecule has 1 rings (SSSR count). The van der Waals surface area contributed by atoms with Crippen LogP contribution in [0.5, 0.6) is 0 Å². The molecule has 0 spiro atoms. The van der Waals surface area contributed by atoms with Gasteiger partial charge >= 0.3 is 0 Å². The Morgan fingerprint density at radius 3 is 2.30 bits per heavy atom. The molecule has 5 nitrogen and oxygen atoms in total. The van der Waals surface area contributed by atoms with Gasteiger partial charge in [-0.25, -0.2) is 8.42 Å². The van der Waals surface area contributed by atoms with Crippen LogP contribution in [-0.2, 0) is 23.1 Å². The summed E-state index contributed by atoms with van der Waals surface area (Å²) in [6, 6.07) is 2.16. The van der Waals surface area contributed by atoms with Crippen LogP contribution in [0.15, 0.2) is 17.2 Å². The standard InChI is InChI=1S/C14H27N3O2S/c1-6-16-11-14(9-13(16)10-15-12(4)5)20(18,19)17(7-2)8-3/h9,11-12,15H,6-8,10H2,1-5H3. The fraction of sp³-hybridized carbons (Fsp3) is 0.714. The number of aromatic nitrogens is 1. The molecule has 0 bridgehead atoms. The molecule has 116 valence electrons. The zero-order valence-corrected chi connectivity index (χ0v) is 14.0. The Hall–Kier alpha value is -0.850. The summed E-state index contributed by atoms with van der Waals surface area (Å²) in [5.74, 6) is 0. The van der Waals surface area contributed by atoms with Gasteiger partial charge in [0.05, 0.1) is 0 Å². The van der Waals surface area contributed by atoms with Crippen LogP contribution in [0.25, 0.3) is 0 Å².